The minimum atomic E-state index is 0.363. The van der Waals surface area contributed by atoms with Crippen LogP contribution >= 0.6 is 0 Å². The molecule has 112 valence electrons. The Balaban J connectivity index is 1.70. The SMILES string of the molecule is C[C@]12CCC[C@@H]1[C@@H]1CC(=O)[C@H]3CCCC[C@@]3(C)[C@@H]1CC2. The second kappa shape index (κ2) is 4.34. The quantitative estimate of drug-likeness (QED) is 0.608. The van der Waals surface area contributed by atoms with Crippen molar-refractivity contribution in [3.8, 4) is 0 Å². The number of fused-ring (bicyclic) bond motifs is 5. The Kier molecular flexibility index (Phi) is 2.89. The molecule has 4 aliphatic rings. The van der Waals surface area contributed by atoms with Gasteiger partial charge in [-0.15, -0.1) is 0 Å². The van der Waals surface area contributed by atoms with Crippen molar-refractivity contribution >= 4 is 5.78 Å². The number of hydrogen-bond donors (Lipinski definition) is 0. The Morgan fingerprint density at radius 1 is 0.900 bits per heavy atom. The lowest BCUT2D eigenvalue weighted by atomic mass is 9.45. The number of rotatable bonds is 0. The largest absolute Gasteiger partial charge is 0.299 e. The molecule has 4 rings (SSSR count). The molecule has 0 aliphatic heterocycles. The van der Waals surface area contributed by atoms with Crippen molar-refractivity contribution in [2.45, 2.75) is 78.1 Å². The zero-order chi connectivity index (χ0) is 14.0. The zero-order valence-electron chi connectivity index (χ0n) is 13.3. The van der Waals surface area contributed by atoms with Crippen LogP contribution in [-0.4, -0.2) is 5.78 Å². The van der Waals surface area contributed by atoms with Gasteiger partial charge in [0.05, 0.1) is 0 Å². The van der Waals surface area contributed by atoms with E-state index < -0.39 is 0 Å². The van der Waals surface area contributed by atoms with E-state index in [-0.39, 0.29) is 0 Å². The van der Waals surface area contributed by atoms with Crippen LogP contribution in [0.1, 0.15) is 78.1 Å². The van der Waals surface area contributed by atoms with Gasteiger partial charge in [-0.05, 0) is 67.1 Å². The minimum absolute atomic E-state index is 0.363. The molecule has 0 spiro atoms. The van der Waals surface area contributed by atoms with Crippen molar-refractivity contribution in [2.75, 3.05) is 0 Å². The fraction of sp³-hybridized carbons (Fsp3) is 0.947. The van der Waals surface area contributed by atoms with Gasteiger partial charge in [-0.3, -0.25) is 4.79 Å². The standard InChI is InChI=1S/C19H30O/c1-18-9-5-7-14(18)13-12-17(20)16-6-3-4-10-19(16,2)15(13)8-11-18/h13-16H,3-12H2,1-2H3/t13-,14+,15+,16+,18+,19-/m0/s1. The van der Waals surface area contributed by atoms with Gasteiger partial charge >= 0.3 is 0 Å². The van der Waals surface area contributed by atoms with Gasteiger partial charge in [0, 0.05) is 12.3 Å². The van der Waals surface area contributed by atoms with E-state index in [2.05, 4.69) is 13.8 Å². The Morgan fingerprint density at radius 3 is 2.60 bits per heavy atom. The second-order valence-corrected chi connectivity index (χ2v) is 8.94. The predicted octanol–water partition coefficient (Wildman–Crippen LogP) is 4.99. The molecule has 20 heavy (non-hydrogen) atoms. The molecule has 0 aromatic heterocycles. The normalized spacial score (nSPS) is 55.0. The number of carbonyl (C=O) groups excluding carboxylic acids is 1. The summed E-state index contributed by atoms with van der Waals surface area (Å²) in [4.78, 5) is 12.8. The molecule has 0 unspecified atom stereocenters. The summed E-state index contributed by atoms with van der Waals surface area (Å²) in [6.45, 7) is 5.02. The summed E-state index contributed by atoms with van der Waals surface area (Å²) in [5.41, 5.74) is 0.946. The van der Waals surface area contributed by atoms with Crippen molar-refractivity contribution in [2.24, 2.45) is 34.5 Å². The van der Waals surface area contributed by atoms with Crippen LogP contribution in [0.25, 0.3) is 0 Å². The molecule has 0 radical (unpaired) electrons. The van der Waals surface area contributed by atoms with Crippen LogP contribution in [0.5, 0.6) is 0 Å². The lowest BCUT2D eigenvalue weighted by Gasteiger charge is -2.59. The fourth-order valence-electron chi connectivity index (χ4n) is 7.09. The summed E-state index contributed by atoms with van der Waals surface area (Å²) in [7, 11) is 0. The smallest absolute Gasteiger partial charge is 0.136 e. The highest BCUT2D eigenvalue weighted by molar-refractivity contribution is 5.83. The maximum absolute atomic E-state index is 12.8. The van der Waals surface area contributed by atoms with Gasteiger partial charge in [0.25, 0.3) is 0 Å². The maximum Gasteiger partial charge on any atom is 0.136 e. The van der Waals surface area contributed by atoms with Crippen LogP contribution in [0.2, 0.25) is 0 Å². The third kappa shape index (κ3) is 1.64. The van der Waals surface area contributed by atoms with Crippen LogP contribution in [0, 0.1) is 34.5 Å². The zero-order valence-corrected chi connectivity index (χ0v) is 13.3. The highest BCUT2D eigenvalue weighted by Gasteiger charge is 2.59. The van der Waals surface area contributed by atoms with Crippen LogP contribution < -0.4 is 0 Å². The van der Waals surface area contributed by atoms with E-state index in [1.54, 1.807) is 0 Å². The van der Waals surface area contributed by atoms with Crippen LogP contribution in [0.4, 0.5) is 0 Å². The fourth-order valence-corrected chi connectivity index (χ4v) is 7.09. The predicted molar refractivity (Wildman–Crippen MR) is 81.4 cm³/mol. The van der Waals surface area contributed by atoms with E-state index in [1.165, 1.54) is 57.8 Å². The second-order valence-electron chi connectivity index (χ2n) is 8.94. The number of hydrogen-bond acceptors (Lipinski definition) is 1. The average molecular weight is 274 g/mol. The Labute approximate surface area is 123 Å². The lowest BCUT2D eigenvalue weighted by molar-refractivity contribution is -0.152. The molecule has 0 amide bonds. The Hall–Kier alpha value is -0.330. The van der Waals surface area contributed by atoms with E-state index in [1.807, 2.05) is 0 Å². The molecular formula is C19H30O. The average Bonchev–Trinajstić information content (AvgIpc) is 2.81. The van der Waals surface area contributed by atoms with E-state index in [0.717, 1.165) is 24.2 Å². The van der Waals surface area contributed by atoms with E-state index >= 15 is 0 Å². The van der Waals surface area contributed by atoms with Crippen molar-refractivity contribution in [1.29, 1.82) is 0 Å². The highest BCUT2D eigenvalue weighted by atomic mass is 16.1. The topological polar surface area (TPSA) is 17.1 Å². The minimum Gasteiger partial charge on any atom is -0.299 e. The van der Waals surface area contributed by atoms with Crippen molar-refractivity contribution in [3.05, 3.63) is 0 Å². The molecule has 1 heteroatoms. The van der Waals surface area contributed by atoms with E-state index in [0.29, 0.717) is 22.5 Å². The third-order valence-corrected chi connectivity index (χ3v) is 8.15. The molecule has 1 nitrogen and oxygen atoms in total. The van der Waals surface area contributed by atoms with Gasteiger partial charge in [-0.1, -0.05) is 33.1 Å². The van der Waals surface area contributed by atoms with Crippen LogP contribution in [0.3, 0.4) is 0 Å². The highest BCUT2D eigenvalue weighted by Crippen LogP contribution is 2.65. The van der Waals surface area contributed by atoms with Crippen molar-refractivity contribution in [3.63, 3.8) is 0 Å². The molecule has 0 bridgehead atoms. The molecule has 0 saturated heterocycles. The molecule has 0 aromatic carbocycles. The molecule has 4 saturated carbocycles. The van der Waals surface area contributed by atoms with E-state index in [9.17, 15) is 4.79 Å². The summed E-state index contributed by atoms with van der Waals surface area (Å²) in [6.07, 6.45) is 13.2. The molecule has 4 aliphatic carbocycles. The summed E-state index contributed by atoms with van der Waals surface area (Å²) in [5.74, 6) is 3.53. The van der Waals surface area contributed by atoms with E-state index in [4.69, 9.17) is 0 Å². The first-order valence-corrected chi connectivity index (χ1v) is 9.07. The first-order valence-electron chi connectivity index (χ1n) is 9.07. The molecule has 0 aromatic rings. The Bertz CT molecular complexity index is 427. The molecule has 0 heterocycles. The van der Waals surface area contributed by atoms with Gasteiger partial charge in [0.1, 0.15) is 5.78 Å². The Morgan fingerprint density at radius 2 is 1.75 bits per heavy atom. The summed E-state index contributed by atoms with van der Waals surface area (Å²) in [6, 6.07) is 0. The molecule has 6 atom stereocenters. The first kappa shape index (κ1) is 13.3. The third-order valence-electron chi connectivity index (χ3n) is 8.15. The van der Waals surface area contributed by atoms with Crippen molar-refractivity contribution in [1.82, 2.24) is 0 Å². The van der Waals surface area contributed by atoms with Crippen molar-refractivity contribution < 1.29 is 4.79 Å². The summed E-state index contributed by atoms with van der Waals surface area (Å²) >= 11 is 0. The molecular weight excluding hydrogens is 244 g/mol. The number of Topliss-reactive ketones (excluding diaryl/α,β-unsaturated/α-hetero) is 1. The number of ketones is 1. The van der Waals surface area contributed by atoms with Gasteiger partial charge in [0.2, 0.25) is 0 Å². The van der Waals surface area contributed by atoms with Gasteiger partial charge in [-0.25, -0.2) is 0 Å². The monoisotopic (exact) mass is 274 g/mol. The summed E-state index contributed by atoms with van der Waals surface area (Å²) in [5, 5.41) is 0. The maximum atomic E-state index is 12.8. The summed E-state index contributed by atoms with van der Waals surface area (Å²) < 4.78 is 0. The van der Waals surface area contributed by atoms with Gasteiger partial charge in [0.15, 0.2) is 0 Å². The first-order chi connectivity index (χ1) is 9.55. The van der Waals surface area contributed by atoms with Gasteiger partial charge < -0.3 is 0 Å². The van der Waals surface area contributed by atoms with Crippen LogP contribution in [-0.2, 0) is 4.79 Å². The van der Waals surface area contributed by atoms with Gasteiger partial charge in [-0.2, -0.15) is 0 Å². The van der Waals surface area contributed by atoms with Crippen LogP contribution in [0.15, 0.2) is 0 Å². The number of carbonyl (C=O) groups is 1. The molecule has 4 fully saturated rings. The molecule has 0 N–H and O–H groups in total. The lowest BCUT2D eigenvalue weighted by Crippen LogP contribution is -2.55.